The molecule has 1 heterocycles. The molecule has 0 saturated heterocycles. The number of fused-ring (bicyclic) bond motifs is 1. The van der Waals surface area contributed by atoms with Gasteiger partial charge in [-0.05, 0) is 65.3 Å². The first-order valence-corrected chi connectivity index (χ1v) is 10.9. The molecule has 162 valence electrons. The maximum absolute atomic E-state index is 11.2. The van der Waals surface area contributed by atoms with E-state index in [9.17, 15) is 9.90 Å². The first kappa shape index (κ1) is 20.3. The summed E-state index contributed by atoms with van der Waals surface area (Å²) in [6.45, 7) is 0.846. The van der Waals surface area contributed by atoms with Gasteiger partial charge in [-0.3, -0.25) is 4.79 Å². The average molecular weight is 428 g/mol. The number of aliphatic carboxylic acids is 1. The molecule has 5 heteroatoms. The van der Waals surface area contributed by atoms with E-state index in [2.05, 4.69) is 18.2 Å². The van der Waals surface area contributed by atoms with E-state index >= 15 is 0 Å². The molecule has 1 aliphatic rings. The zero-order valence-corrected chi connectivity index (χ0v) is 17.7. The summed E-state index contributed by atoms with van der Waals surface area (Å²) in [5.74, 6) is 0.240. The molecule has 0 aliphatic heterocycles. The van der Waals surface area contributed by atoms with Crippen LogP contribution in [0.25, 0.3) is 22.1 Å². The Balaban J connectivity index is 1.57. The Bertz CT molecular complexity index is 1290. The van der Waals surface area contributed by atoms with Gasteiger partial charge in [0, 0.05) is 23.1 Å². The van der Waals surface area contributed by atoms with E-state index in [0.717, 1.165) is 46.1 Å². The quantitative estimate of drug-likeness (QED) is 0.380. The van der Waals surface area contributed by atoms with Gasteiger partial charge >= 0.3 is 5.97 Å². The third-order valence-corrected chi connectivity index (χ3v) is 6.02. The van der Waals surface area contributed by atoms with Crippen LogP contribution in [-0.4, -0.2) is 11.1 Å². The molecular weight excluding hydrogens is 402 g/mol. The average Bonchev–Trinajstić information content (AvgIpc) is 3.52. The van der Waals surface area contributed by atoms with Gasteiger partial charge in [0.1, 0.15) is 17.9 Å². The van der Waals surface area contributed by atoms with Crippen LogP contribution in [0.5, 0.6) is 5.75 Å². The molecule has 0 spiro atoms. The number of hydrogen-bond donors (Lipinski definition) is 2. The summed E-state index contributed by atoms with van der Waals surface area (Å²) in [7, 11) is 0. The van der Waals surface area contributed by atoms with Crippen molar-refractivity contribution in [2.75, 3.05) is 0 Å². The van der Waals surface area contributed by atoms with E-state index in [1.165, 1.54) is 5.56 Å². The van der Waals surface area contributed by atoms with Crippen LogP contribution < -0.4 is 10.5 Å². The van der Waals surface area contributed by atoms with Gasteiger partial charge < -0.3 is 20.0 Å². The van der Waals surface area contributed by atoms with Crippen LogP contribution in [0.3, 0.4) is 0 Å². The van der Waals surface area contributed by atoms with Crippen LogP contribution in [0.2, 0.25) is 0 Å². The molecule has 4 aromatic rings. The number of carbonyl (C=O) groups is 1. The fourth-order valence-corrected chi connectivity index (χ4v) is 4.38. The molecular formula is C27H25NO4. The summed E-state index contributed by atoms with van der Waals surface area (Å²) in [6, 6.07) is 19.7. The Morgan fingerprint density at radius 3 is 2.69 bits per heavy atom. The highest BCUT2D eigenvalue weighted by Crippen LogP contribution is 2.47. The maximum Gasteiger partial charge on any atom is 0.307 e. The topological polar surface area (TPSA) is 85.7 Å². The molecule has 0 atom stereocenters. The second-order valence-electron chi connectivity index (χ2n) is 8.31. The molecule has 3 N–H and O–H groups in total. The summed E-state index contributed by atoms with van der Waals surface area (Å²) >= 11 is 0. The van der Waals surface area contributed by atoms with Crippen molar-refractivity contribution in [3.05, 3.63) is 89.2 Å². The fourth-order valence-electron chi connectivity index (χ4n) is 4.38. The molecule has 1 fully saturated rings. The normalized spacial score (nSPS) is 13.4. The number of carboxylic acids is 1. The van der Waals surface area contributed by atoms with Crippen molar-refractivity contribution < 1.29 is 19.1 Å². The predicted octanol–water partition coefficient (Wildman–Crippen LogP) is 5.64. The smallest absolute Gasteiger partial charge is 0.307 e. The van der Waals surface area contributed by atoms with E-state index in [1.54, 1.807) is 12.3 Å². The van der Waals surface area contributed by atoms with Crippen LogP contribution in [0.15, 0.2) is 71.3 Å². The lowest BCUT2D eigenvalue weighted by Crippen LogP contribution is -2.06. The van der Waals surface area contributed by atoms with Gasteiger partial charge in [0.05, 0.1) is 12.7 Å². The van der Waals surface area contributed by atoms with Gasteiger partial charge in [0.15, 0.2) is 0 Å². The minimum absolute atomic E-state index is 0.0659. The third kappa shape index (κ3) is 3.99. The molecule has 1 saturated carbocycles. The second-order valence-corrected chi connectivity index (χ2v) is 8.31. The number of para-hydroxylation sites is 1. The largest absolute Gasteiger partial charge is 0.489 e. The van der Waals surface area contributed by atoms with Crippen LogP contribution in [-0.2, 0) is 24.4 Å². The van der Waals surface area contributed by atoms with Gasteiger partial charge in [0.2, 0.25) is 0 Å². The van der Waals surface area contributed by atoms with Crippen LogP contribution in [0.1, 0.15) is 41.0 Å². The minimum atomic E-state index is -0.874. The van der Waals surface area contributed by atoms with Crippen molar-refractivity contribution in [2.45, 2.75) is 38.3 Å². The van der Waals surface area contributed by atoms with E-state index in [0.29, 0.717) is 30.4 Å². The van der Waals surface area contributed by atoms with Crippen LogP contribution in [0, 0.1) is 0 Å². The van der Waals surface area contributed by atoms with Crippen LogP contribution >= 0.6 is 0 Å². The maximum atomic E-state index is 11.2. The van der Waals surface area contributed by atoms with E-state index in [1.807, 2.05) is 36.4 Å². The summed E-state index contributed by atoms with van der Waals surface area (Å²) in [6.07, 6.45) is 4.00. The zero-order chi connectivity index (χ0) is 22.1. The standard InChI is InChI=1S/C27H25NO4/c28-15-17-4-3-6-19(12-17)23-13-21(26(18-8-9-18)22-10-11-31-27(22)23)16-32-24-7-2-1-5-20(24)14-25(29)30/h1-7,10-13,18H,8-9,14-16,28H2,(H,29,30). The summed E-state index contributed by atoms with van der Waals surface area (Å²) < 4.78 is 12.1. The number of hydrogen-bond acceptors (Lipinski definition) is 4. The fraction of sp³-hybridized carbons (Fsp3) is 0.222. The van der Waals surface area contributed by atoms with Gasteiger partial charge in [0.25, 0.3) is 0 Å². The molecule has 0 unspecified atom stereocenters. The van der Waals surface area contributed by atoms with Gasteiger partial charge in [-0.1, -0.05) is 36.4 Å². The molecule has 5 nitrogen and oxygen atoms in total. The molecule has 0 radical (unpaired) electrons. The van der Waals surface area contributed by atoms with E-state index in [-0.39, 0.29) is 6.42 Å². The zero-order valence-electron chi connectivity index (χ0n) is 17.7. The van der Waals surface area contributed by atoms with Gasteiger partial charge in [-0.25, -0.2) is 0 Å². The highest BCUT2D eigenvalue weighted by Gasteiger charge is 2.30. The SMILES string of the molecule is NCc1cccc(-c2cc(COc3ccccc3CC(=O)O)c(C3CC3)c3ccoc23)c1. The lowest BCUT2D eigenvalue weighted by Gasteiger charge is -2.16. The van der Waals surface area contributed by atoms with Gasteiger partial charge in [-0.2, -0.15) is 0 Å². The molecule has 0 bridgehead atoms. The van der Waals surface area contributed by atoms with Crippen molar-refractivity contribution in [3.8, 4) is 16.9 Å². The Morgan fingerprint density at radius 2 is 1.91 bits per heavy atom. The second kappa shape index (κ2) is 8.52. The molecule has 3 aromatic carbocycles. The monoisotopic (exact) mass is 427 g/mol. The van der Waals surface area contributed by atoms with Crippen LogP contribution in [0.4, 0.5) is 0 Å². The Kier molecular flexibility index (Phi) is 5.41. The number of ether oxygens (including phenoxy) is 1. The predicted molar refractivity (Wildman–Crippen MR) is 124 cm³/mol. The van der Waals surface area contributed by atoms with Crippen molar-refractivity contribution in [2.24, 2.45) is 5.73 Å². The molecule has 0 amide bonds. The number of furan rings is 1. The lowest BCUT2D eigenvalue weighted by molar-refractivity contribution is -0.136. The lowest BCUT2D eigenvalue weighted by atomic mass is 9.92. The van der Waals surface area contributed by atoms with E-state index in [4.69, 9.17) is 14.9 Å². The number of carboxylic acid groups (broad SMARTS) is 1. The first-order valence-electron chi connectivity index (χ1n) is 10.9. The highest BCUT2D eigenvalue weighted by atomic mass is 16.5. The number of benzene rings is 3. The number of rotatable bonds is 8. The first-order chi connectivity index (χ1) is 15.6. The third-order valence-electron chi connectivity index (χ3n) is 6.02. The molecule has 1 aliphatic carbocycles. The summed E-state index contributed by atoms with van der Waals surface area (Å²) in [4.78, 5) is 11.2. The van der Waals surface area contributed by atoms with Crippen molar-refractivity contribution >= 4 is 16.9 Å². The van der Waals surface area contributed by atoms with Gasteiger partial charge in [-0.15, -0.1) is 0 Å². The van der Waals surface area contributed by atoms with Crippen molar-refractivity contribution in [1.29, 1.82) is 0 Å². The minimum Gasteiger partial charge on any atom is -0.489 e. The summed E-state index contributed by atoms with van der Waals surface area (Å²) in [5, 5.41) is 10.4. The van der Waals surface area contributed by atoms with Crippen molar-refractivity contribution in [3.63, 3.8) is 0 Å². The van der Waals surface area contributed by atoms with Crippen molar-refractivity contribution in [1.82, 2.24) is 0 Å². The number of nitrogens with two attached hydrogens (primary N) is 1. The van der Waals surface area contributed by atoms with E-state index < -0.39 is 5.97 Å². The Hall–Kier alpha value is -3.57. The Morgan fingerprint density at radius 1 is 1.06 bits per heavy atom. The molecule has 5 rings (SSSR count). The molecule has 32 heavy (non-hydrogen) atoms. The summed E-state index contributed by atoms with van der Waals surface area (Å²) in [5.41, 5.74) is 13.0. The molecule has 1 aromatic heterocycles. The Labute approximate surface area is 186 Å². The highest BCUT2D eigenvalue weighted by molar-refractivity contribution is 5.96.